The Kier molecular flexibility index (Phi) is 5.23. The van der Waals surface area contributed by atoms with Crippen molar-refractivity contribution >= 4 is 6.03 Å². The van der Waals surface area contributed by atoms with Gasteiger partial charge in [0.15, 0.2) is 0 Å². The van der Waals surface area contributed by atoms with E-state index in [0.717, 1.165) is 17.5 Å². The zero-order valence-corrected chi connectivity index (χ0v) is 15.7. The maximum atomic E-state index is 12.4. The van der Waals surface area contributed by atoms with Crippen molar-refractivity contribution in [1.29, 1.82) is 0 Å². The number of carbonyl (C=O) groups excluding carboxylic acids is 1. The SMILES string of the molecule is COc1ccccc1-c1nnc([C@H]2CCN(C(=O)NCc3ccccc3)C2)o1. The van der Waals surface area contributed by atoms with Gasteiger partial charge in [-0.05, 0) is 24.1 Å². The molecule has 0 bridgehead atoms. The molecule has 4 rings (SSSR count). The lowest BCUT2D eigenvalue weighted by Crippen LogP contribution is -2.37. The molecule has 2 heterocycles. The van der Waals surface area contributed by atoms with Crippen LogP contribution in [0, 0.1) is 0 Å². The number of urea groups is 1. The molecule has 0 saturated carbocycles. The quantitative estimate of drug-likeness (QED) is 0.736. The van der Waals surface area contributed by atoms with Crippen LogP contribution in [0.15, 0.2) is 59.0 Å². The van der Waals surface area contributed by atoms with Gasteiger partial charge in [-0.3, -0.25) is 0 Å². The highest BCUT2D eigenvalue weighted by Crippen LogP contribution is 2.32. The molecule has 1 aliphatic rings. The van der Waals surface area contributed by atoms with E-state index in [9.17, 15) is 4.79 Å². The number of hydrogen-bond donors (Lipinski definition) is 1. The lowest BCUT2D eigenvalue weighted by Gasteiger charge is -2.16. The maximum absolute atomic E-state index is 12.4. The van der Waals surface area contributed by atoms with Gasteiger partial charge in [0.1, 0.15) is 5.75 Å². The second kappa shape index (κ2) is 8.12. The van der Waals surface area contributed by atoms with Gasteiger partial charge >= 0.3 is 6.03 Å². The van der Waals surface area contributed by atoms with Gasteiger partial charge in [-0.1, -0.05) is 42.5 Å². The number of nitrogens with zero attached hydrogens (tertiary/aromatic N) is 3. The minimum absolute atomic E-state index is 0.0402. The Balaban J connectivity index is 1.38. The van der Waals surface area contributed by atoms with Crippen LogP contribution in [-0.2, 0) is 6.54 Å². The molecule has 1 aliphatic heterocycles. The Morgan fingerprint density at radius 3 is 2.79 bits per heavy atom. The second-order valence-electron chi connectivity index (χ2n) is 6.72. The summed E-state index contributed by atoms with van der Waals surface area (Å²) in [6.07, 6.45) is 0.798. The van der Waals surface area contributed by atoms with Gasteiger partial charge in [0.2, 0.25) is 5.89 Å². The van der Waals surface area contributed by atoms with Gasteiger partial charge in [0.25, 0.3) is 5.89 Å². The van der Waals surface area contributed by atoms with Crippen molar-refractivity contribution in [2.45, 2.75) is 18.9 Å². The molecule has 2 aromatic carbocycles. The summed E-state index contributed by atoms with van der Waals surface area (Å²) in [5, 5.41) is 11.3. The Bertz CT molecular complexity index is 942. The van der Waals surface area contributed by atoms with Crippen molar-refractivity contribution in [2.75, 3.05) is 20.2 Å². The molecule has 3 aromatic rings. The van der Waals surface area contributed by atoms with Crippen molar-refractivity contribution < 1.29 is 13.9 Å². The largest absolute Gasteiger partial charge is 0.496 e. The number of rotatable bonds is 5. The summed E-state index contributed by atoms with van der Waals surface area (Å²) < 4.78 is 11.3. The topological polar surface area (TPSA) is 80.5 Å². The number of ether oxygens (including phenoxy) is 1. The van der Waals surface area contributed by atoms with E-state index in [4.69, 9.17) is 9.15 Å². The maximum Gasteiger partial charge on any atom is 0.317 e. The van der Waals surface area contributed by atoms with Crippen LogP contribution in [0.4, 0.5) is 4.79 Å². The van der Waals surface area contributed by atoms with Gasteiger partial charge < -0.3 is 19.4 Å². The third-order valence-corrected chi connectivity index (χ3v) is 4.89. The van der Waals surface area contributed by atoms with E-state index >= 15 is 0 Å². The van der Waals surface area contributed by atoms with Crippen LogP contribution < -0.4 is 10.1 Å². The van der Waals surface area contributed by atoms with Crippen LogP contribution in [0.3, 0.4) is 0 Å². The number of amides is 2. The summed E-state index contributed by atoms with van der Waals surface area (Å²) in [5.74, 6) is 1.71. The van der Waals surface area contributed by atoms with E-state index in [1.165, 1.54) is 0 Å². The zero-order chi connectivity index (χ0) is 19.3. The Morgan fingerprint density at radius 1 is 1.18 bits per heavy atom. The van der Waals surface area contributed by atoms with Crippen molar-refractivity contribution in [2.24, 2.45) is 0 Å². The fourth-order valence-corrected chi connectivity index (χ4v) is 3.36. The summed E-state index contributed by atoms with van der Waals surface area (Å²) in [7, 11) is 1.61. The number of para-hydroxylation sites is 1. The first kappa shape index (κ1) is 18.0. The van der Waals surface area contributed by atoms with Gasteiger partial charge in [-0.25, -0.2) is 4.79 Å². The van der Waals surface area contributed by atoms with Gasteiger partial charge in [-0.15, -0.1) is 10.2 Å². The summed E-state index contributed by atoms with van der Waals surface area (Å²) in [4.78, 5) is 14.2. The molecule has 28 heavy (non-hydrogen) atoms. The molecule has 1 saturated heterocycles. The van der Waals surface area contributed by atoms with Crippen molar-refractivity contribution in [3.05, 3.63) is 66.1 Å². The van der Waals surface area contributed by atoms with E-state index in [0.29, 0.717) is 37.2 Å². The van der Waals surface area contributed by atoms with E-state index in [1.54, 1.807) is 12.0 Å². The average Bonchev–Trinajstić information content (AvgIpc) is 3.42. The first-order chi connectivity index (χ1) is 13.7. The van der Waals surface area contributed by atoms with Crippen LogP contribution in [-0.4, -0.2) is 41.3 Å². The van der Waals surface area contributed by atoms with Crippen LogP contribution in [0.5, 0.6) is 5.75 Å². The van der Waals surface area contributed by atoms with Crippen molar-refractivity contribution in [3.63, 3.8) is 0 Å². The highest BCUT2D eigenvalue weighted by Gasteiger charge is 2.31. The average molecular weight is 378 g/mol. The first-order valence-corrected chi connectivity index (χ1v) is 9.28. The Labute approximate surface area is 163 Å². The van der Waals surface area contributed by atoms with Crippen LogP contribution in [0.2, 0.25) is 0 Å². The van der Waals surface area contributed by atoms with Gasteiger partial charge in [0, 0.05) is 19.6 Å². The third-order valence-electron chi connectivity index (χ3n) is 4.89. The summed E-state index contributed by atoms with van der Waals surface area (Å²) >= 11 is 0. The van der Waals surface area contributed by atoms with Crippen LogP contribution in [0.1, 0.15) is 23.8 Å². The fourth-order valence-electron chi connectivity index (χ4n) is 3.36. The highest BCUT2D eigenvalue weighted by molar-refractivity contribution is 5.74. The summed E-state index contributed by atoms with van der Waals surface area (Å²) in [5.41, 5.74) is 1.84. The molecule has 0 unspecified atom stereocenters. The molecular weight excluding hydrogens is 356 g/mol. The summed E-state index contributed by atoms with van der Waals surface area (Å²) in [6.45, 7) is 1.74. The van der Waals surface area contributed by atoms with Gasteiger partial charge in [-0.2, -0.15) is 0 Å². The number of methoxy groups -OCH3 is 1. The highest BCUT2D eigenvalue weighted by atomic mass is 16.5. The monoisotopic (exact) mass is 378 g/mol. The minimum Gasteiger partial charge on any atom is -0.496 e. The molecule has 1 fully saturated rings. The predicted octanol–water partition coefficient (Wildman–Crippen LogP) is 3.44. The Morgan fingerprint density at radius 2 is 1.96 bits per heavy atom. The number of nitrogens with one attached hydrogen (secondary N) is 1. The number of hydrogen-bond acceptors (Lipinski definition) is 5. The molecular formula is C21H22N4O3. The number of likely N-dealkylation sites (tertiary alicyclic amines) is 1. The van der Waals surface area contributed by atoms with E-state index in [-0.39, 0.29) is 11.9 Å². The van der Waals surface area contributed by atoms with Crippen LogP contribution >= 0.6 is 0 Å². The minimum atomic E-state index is -0.0733. The summed E-state index contributed by atoms with van der Waals surface area (Å²) in [6, 6.07) is 17.3. The lowest BCUT2D eigenvalue weighted by molar-refractivity contribution is 0.207. The smallest absolute Gasteiger partial charge is 0.317 e. The lowest BCUT2D eigenvalue weighted by atomic mass is 10.1. The molecule has 7 nitrogen and oxygen atoms in total. The van der Waals surface area contributed by atoms with Crippen molar-refractivity contribution in [3.8, 4) is 17.2 Å². The molecule has 0 radical (unpaired) electrons. The molecule has 144 valence electrons. The molecule has 1 aromatic heterocycles. The van der Waals surface area contributed by atoms with E-state index in [1.807, 2.05) is 54.6 Å². The first-order valence-electron chi connectivity index (χ1n) is 9.28. The molecule has 0 aliphatic carbocycles. The zero-order valence-electron chi connectivity index (χ0n) is 15.7. The molecule has 1 N–H and O–H groups in total. The molecule has 1 atom stereocenters. The number of carbonyl (C=O) groups is 1. The molecule has 0 spiro atoms. The molecule has 2 amide bonds. The standard InChI is InChI=1S/C21H22N4O3/c1-27-18-10-6-5-9-17(18)20-24-23-19(28-20)16-11-12-25(14-16)21(26)22-13-15-7-3-2-4-8-15/h2-10,16H,11-14H2,1H3,(H,22,26)/t16-/m0/s1. The number of benzene rings is 2. The number of aromatic nitrogens is 2. The van der Waals surface area contributed by atoms with Gasteiger partial charge in [0.05, 0.1) is 18.6 Å². The predicted molar refractivity (Wildman–Crippen MR) is 104 cm³/mol. The Hall–Kier alpha value is -3.35. The van der Waals surface area contributed by atoms with E-state index < -0.39 is 0 Å². The van der Waals surface area contributed by atoms with Crippen LogP contribution in [0.25, 0.3) is 11.5 Å². The second-order valence-corrected chi connectivity index (χ2v) is 6.72. The normalized spacial score (nSPS) is 16.2. The van der Waals surface area contributed by atoms with Crippen molar-refractivity contribution in [1.82, 2.24) is 20.4 Å². The van der Waals surface area contributed by atoms with E-state index in [2.05, 4.69) is 15.5 Å². The third kappa shape index (κ3) is 3.83. The molecule has 7 heteroatoms. The fraction of sp³-hybridized carbons (Fsp3) is 0.286.